The van der Waals surface area contributed by atoms with Gasteiger partial charge in [0.1, 0.15) is 12.4 Å². The fraction of sp³-hybridized carbons (Fsp3) is 0.531. The number of nitrogens with zero attached hydrogens (tertiary/aromatic N) is 4. The molecular formula is C32H40N6O5. The smallest absolute Gasteiger partial charge is 0.343 e. The number of phenolic OH excluding ortho intramolecular Hbond substituents is 1. The number of fused-ring (bicyclic) bond motifs is 5. The minimum Gasteiger partial charge on any atom is -0.507 e. The molecule has 0 unspecified atom stereocenters. The molecule has 11 nitrogen and oxygen atoms in total. The molecule has 1 aromatic carbocycles. The summed E-state index contributed by atoms with van der Waals surface area (Å²) in [5.41, 5.74) is 4.41. The van der Waals surface area contributed by atoms with Gasteiger partial charge in [0.15, 0.2) is 5.60 Å². The number of aromatic nitrogens is 2. The molecule has 0 aliphatic carbocycles. The van der Waals surface area contributed by atoms with Crippen molar-refractivity contribution in [3.8, 4) is 17.1 Å². The summed E-state index contributed by atoms with van der Waals surface area (Å²) < 4.78 is 6.95. The van der Waals surface area contributed by atoms with Crippen LogP contribution in [0.15, 0.2) is 16.9 Å². The number of rotatable bonds is 6. The van der Waals surface area contributed by atoms with E-state index in [1.165, 1.54) is 0 Å². The van der Waals surface area contributed by atoms with E-state index in [0.717, 1.165) is 85.5 Å². The molecule has 4 aliphatic rings. The van der Waals surface area contributed by atoms with Gasteiger partial charge in [-0.15, -0.1) is 0 Å². The molecule has 0 saturated carbocycles. The van der Waals surface area contributed by atoms with Gasteiger partial charge in [-0.25, -0.2) is 9.78 Å². The molecule has 0 spiro atoms. The number of aromatic hydroxyl groups is 1. The quantitative estimate of drug-likeness (QED) is 0.243. The van der Waals surface area contributed by atoms with Crippen molar-refractivity contribution in [2.75, 3.05) is 52.4 Å². The number of pyridine rings is 2. The summed E-state index contributed by atoms with van der Waals surface area (Å²) in [6, 6.07) is 3.79. The molecule has 0 amide bonds. The summed E-state index contributed by atoms with van der Waals surface area (Å²) in [7, 11) is 0. The number of piperazine rings is 2. The highest BCUT2D eigenvalue weighted by Gasteiger charge is 2.45. The average Bonchev–Trinajstić information content (AvgIpc) is 3.40. The first-order valence-electron chi connectivity index (χ1n) is 15.6. The Morgan fingerprint density at radius 2 is 1.63 bits per heavy atom. The van der Waals surface area contributed by atoms with Gasteiger partial charge in [-0.2, -0.15) is 0 Å². The van der Waals surface area contributed by atoms with Crippen molar-refractivity contribution in [1.82, 2.24) is 30.0 Å². The van der Waals surface area contributed by atoms with Crippen LogP contribution in [-0.4, -0.2) is 87.9 Å². The van der Waals surface area contributed by atoms with Crippen LogP contribution in [0.3, 0.4) is 0 Å². The number of carbonyl (C=O) groups excluding carboxylic acids is 1. The SMILES string of the molecule is CCc1c2c(nc3cc(CN4CCNCC4)c(O)c(CN4CCNCC4)c13)-c1cc3c(c(=O)n1C2)COC(=O)[C@]3(O)CC. The Kier molecular flexibility index (Phi) is 7.26. The highest BCUT2D eigenvalue weighted by Crippen LogP contribution is 2.43. The lowest BCUT2D eigenvalue weighted by Gasteiger charge is -2.31. The number of ether oxygens (including phenoxy) is 1. The minimum atomic E-state index is -1.87. The summed E-state index contributed by atoms with van der Waals surface area (Å²) >= 11 is 0. The minimum absolute atomic E-state index is 0.101. The van der Waals surface area contributed by atoms with E-state index in [9.17, 15) is 19.8 Å². The number of carbonyl (C=O) groups is 1. The molecule has 0 radical (unpaired) electrons. The van der Waals surface area contributed by atoms with Crippen molar-refractivity contribution < 1.29 is 19.7 Å². The van der Waals surface area contributed by atoms with E-state index in [0.29, 0.717) is 54.3 Å². The first kappa shape index (κ1) is 28.4. The summed E-state index contributed by atoms with van der Waals surface area (Å²) in [5, 5.41) is 30.9. The van der Waals surface area contributed by atoms with Crippen LogP contribution in [0.5, 0.6) is 5.75 Å². The van der Waals surface area contributed by atoms with Gasteiger partial charge in [-0.1, -0.05) is 13.8 Å². The third-order valence-electron chi connectivity index (χ3n) is 9.79. The molecule has 2 fully saturated rings. The fourth-order valence-electron chi connectivity index (χ4n) is 7.34. The van der Waals surface area contributed by atoms with Crippen LogP contribution < -0.4 is 16.2 Å². The Labute approximate surface area is 250 Å². The molecule has 4 aliphatic heterocycles. The number of hydrogen-bond acceptors (Lipinski definition) is 10. The van der Waals surface area contributed by atoms with Crippen LogP contribution in [0, 0.1) is 0 Å². The van der Waals surface area contributed by atoms with Crippen molar-refractivity contribution in [2.45, 2.75) is 58.5 Å². The Morgan fingerprint density at radius 1 is 0.953 bits per heavy atom. The van der Waals surface area contributed by atoms with E-state index in [-0.39, 0.29) is 18.6 Å². The Bertz CT molecular complexity index is 1670. The lowest BCUT2D eigenvalue weighted by atomic mass is 9.86. The molecule has 0 bridgehead atoms. The number of nitrogens with one attached hydrogen (secondary N) is 2. The van der Waals surface area contributed by atoms with Gasteiger partial charge in [0.25, 0.3) is 5.56 Å². The Balaban J connectivity index is 1.43. The van der Waals surface area contributed by atoms with Crippen LogP contribution in [0.4, 0.5) is 0 Å². The molecule has 4 N–H and O–H groups in total. The number of phenols is 1. The monoisotopic (exact) mass is 588 g/mol. The second-order valence-corrected chi connectivity index (χ2v) is 12.2. The average molecular weight is 589 g/mol. The van der Waals surface area contributed by atoms with Gasteiger partial charge in [-0.05, 0) is 30.5 Å². The molecule has 228 valence electrons. The summed E-state index contributed by atoms with van der Waals surface area (Å²) in [4.78, 5) is 36.4. The Hall–Kier alpha value is -3.35. The highest BCUT2D eigenvalue weighted by molar-refractivity contribution is 5.93. The van der Waals surface area contributed by atoms with Gasteiger partial charge in [-0.3, -0.25) is 14.6 Å². The third kappa shape index (κ3) is 4.56. The van der Waals surface area contributed by atoms with Crippen molar-refractivity contribution in [3.63, 3.8) is 0 Å². The maximum atomic E-state index is 13.8. The van der Waals surface area contributed by atoms with Crippen molar-refractivity contribution in [1.29, 1.82) is 0 Å². The van der Waals surface area contributed by atoms with E-state index < -0.39 is 11.6 Å². The molecule has 7 rings (SSSR count). The van der Waals surface area contributed by atoms with Gasteiger partial charge >= 0.3 is 5.97 Å². The number of aliphatic hydroxyl groups is 1. The second-order valence-electron chi connectivity index (χ2n) is 12.2. The normalized spacial score (nSPS) is 22.3. The summed E-state index contributed by atoms with van der Waals surface area (Å²) in [6.45, 7) is 12.5. The molecule has 43 heavy (non-hydrogen) atoms. The zero-order chi connectivity index (χ0) is 29.9. The number of esters is 1. The molecule has 6 heterocycles. The third-order valence-corrected chi connectivity index (χ3v) is 9.79. The molecule has 2 saturated heterocycles. The molecule has 11 heteroatoms. The zero-order valence-electron chi connectivity index (χ0n) is 25.0. The van der Waals surface area contributed by atoms with Gasteiger partial charge in [0.2, 0.25) is 0 Å². The van der Waals surface area contributed by atoms with Crippen LogP contribution in [-0.2, 0) is 47.8 Å². The molecule has 1 atom stereocenters. The standard InChI is InChI=1S/C32H40N6O5/c1-3-20-21-17-38-26(14-24-23(30(38)40)18-43-31(41)32(24,42)4-2)28(21)35-25-13-19(15-36-9-5-33-6-10-36)29(39)22(27(20)25)16-37-11-7-34-8-12-37/h13-14,33-34,39,42H,3-12,15-18H2,1-2H3/t32-/m0/s1. The van der Waals surface area contributed by atoms with E-state index in [4.69, 9.17) is 9.72 Å². The first-order chi connectivity index (χ1) is 20.8. The zero-order valence-corrected chi connectivity index (χ0v) is 25.0. The number of hydrogen-bond donors (Lipinski definition) is 4. The van der Waals surface area contributed by atoms with E-state index in [1.807, 2.05) is 6.07 Å². The summed E-state index contributed by atoms with van der Waals surface area (Å²) in [6.07, 6.45) is 0.805. The lowest BCUT2D eigenvalue weighted by molar-refractivity contribution is -0.172. The van der Waals surface area contributed by atoms with Crippen LogP contribution >= 0.6 is 0 Å². The van der Waals surface area contributed by atoms with Gasteiger partial charge < -0.3 is 30.2 Å². The van der Waals surface area contributed by atoms with Crippen molar-refractivity contribution >= 4 is 16.9 Å². The van der Waals surface area contributed by atoms with E-state index in [2.05, 4.69) is 27.4 Å². The molecule has 2 aromatic heterocycles. The maximum absolute atomic E-state index is 13.8. The number of aryl methyl sites for hydroxylation is 1. The largest absolute Gasteiger partial charge is 0.507 e. The highest BCUT2D eigenvalue weighted by atomic mass is 16.6. The lowest BCUT2D eigenvalue weighted by Crippen LogP contribution is -2.44. The predicted octanol–water partition coefficient (Wildman–Crippen LogP) is 1.16. The Morgan fingerprint density at radius 3 is 2.28 bits per heavy atom. The second kappa shape index (κ2) is 11.0. The predicted molar refractivity (Wildman–Crippen MR) is 162 cm³/mol. The first-order valence-corrected chi connectivity index (χ1v) is 15.6. The van der Waals surface area contributed by atoms with Crippen LogP contribution in [0.2, 0.25) is 0 Å². The topological polar surface area (TPSA) is 132 Å². The molecule has 3 aromatic rings. The number of cyclic esters (lactones) is 1. The van der Waals surface area contributed by atoms with Crippen molar-refractivity contribution in [2.24, 2.45) is 0 Å². The maximum Gasteiger partial charge on any atom is 0.343 e. The van der Waals surface area contributed by atoms with Crippen LogP contribution in [0.25, 0.3) is 22.3 Å². The van der Waals surface area contributed by atoms with E-state index >= 15 is 0 Å². The van der Waals surface area contributed by atoms with Crippen LogP contribution in [0.1, 0.15) is 53.6 Å². The number of benzene rings is 1. The van der Waals surface area contributed by atoms with E-state index in [1.54, 1.807) is 17.6 Å². The molecular weight excluding hydrogens is 548 g/mol. The van der Waals surface area contributed by atoms with Crippen molar-refractivity contribution in [3.05, 3.63) is 55.9 Å². The summed E-state index contributed by atoms with van der Waals surface area (Å²) in [5.74, 6) is -0.385. The van der Waals surface area contributed by atoms with Gasteiger partial charge in [0.05, 0.1) is 29.0 Å². The fourth-order valence-corrected chi connectivity index (χ4v) is 7.34. The van der Waals surface area contributed by atoms with Gasteiger partial charge in [0, 0.05) is 93.1 Å².